The normalized spacial score (nSPS) is 8.56. The number of rotatable bonds is 1. The highest BCUT2D eigenvalue weighted by molar-refractivity contribution is 5.73. The average Bonchev–Trinajstić information content (AvgIpc) is 2.26. The van der Waals surface area contributed by atoms with Crippen molar-refractivity contribution in [2.24, 2.45) is 0 Å². The van der Waals surface area contributed by atoms with Gasteiger partial charge in [-0.05, 0) is 12.1 Å². The molecule has 0 saturated carbocycles. The van der Waals surface area contributed by atoms with E-state index in [-0.39, 0.29) is 23.6 Å². The molecule has 4 heteroatoms. The number of amides is 1. The Labute approximate surface area is 92.9 Å². The van der Waals surface area contributed by atoms with E-state index in [1.807, 2.05) is 0 Å². The van der Waals surface area contributed by atoms with Crippen molar-refractivity contribution in [2.45, 2.75) is 6.92 Å². The lowest BCUT2D eigenvalue weighted by molar-refractivity contribution is -0.118. The van der Waals surface area contributed by atoms with Crippen molar-refractivity contribution in [3.05, 3.63) is 35.1 Å². The topological polar surface area (TPSA) is 52.9 Å². The van der Waals surface area contributed by atoms with Crippen LogP contribution in [0, 0.1) is 29.0 Å². The van der Waals surface area contributed by atoms with E-state index in [1.165, 1.54) is 19.1 Å². The van der Waals surface area contributed by atoms with Crippen molar-refractivity contribution in [3.8, 4) is 17.9 Å². The molecule has 16 heavy (non-hydrogen) atoms. The fourth-order valence-electron chi connectivity index (χ4n) is 1.02. The highest BCUT2D eigenvalue weighted by atomic mass is 19.1. The number of benzene rings is 1. The Kier molecular flexibility index (Phi) is 4.06. The summed E-state index contributed by atoms with van der Waals surface area (Å²) < 4.78 is 13.4. The molecule has 0 bridgehead atoms. The smallest absolute Gasteiger partial charge is 0.217 e. The summed E-state index contributed by atoms with van der Waals surface area (Å²) >= 11 is 0. The van der Waals surface area contributed by atoms with E-state index in [1.54, 1.807) is 12.1 Å². The molecule has 0 aliphatic heterocycles. The lowest BCUT2D eigenvalue weighted by Crippen LogP contribution is -2.19. The second-order valence-electron chi connectivity index (χ2n) is 2.99. The highest BCUT2D eigenvalue weighted by Crippen LogP contribution is 2.10. The number of carbonyl (C=O) groups excluding carboxylic acids is 1. The summed E-state index contributed by atoms with van der Waals surface area (Å²) in [5.41, 5.74) is 0.121. The van der Waals surface area contributed by atoms with Gasteiger partial charge in [0.05, 0.1) is 17.7 Å². The molecule has 1 aromatic carbocycles. The van der Waals surface area contributed by atoms with E-state index < -0.39 is 5.82 Å². The van der Waals surface area contributed by atoms with E-state index >= 15 is 0 Å². The maximum Gasteiger partial charge on any atom is 0.217 e. The van der Waals surface area contributed by atoms with Crippen LogP contribution < -0.4 is 5.32 Å². The minimum atomic E-state index is -0.625. The van der Waals surface area contributed by atoms with Crippen molar-refractivity contribution < 1.29 is 9.18 Å². The molecular weight excluding hydrogens is 207 g/mol. The minimum absolute atomic E-state index is 0.0358. The van der Waals surface area contributed by atoms with Crippen LogP contribution in [0.15, 0.2) is 18.2 Å². The van der Waals surface area contributed by atoms with E-state index in [4.69, 9.17) is 5.26 Å². The van der Waals surface area contributed by atoms with Crippen molar-refractivity contribution >= 4 is 5.91 Å². The van der Waals surface area contributed by atoms with Crippen LogP contribution >= 0.6 is 0 Å². The van der Waals surface area contributed by atoms with Gasteiger partial charge in [0.1, 0.15) is 6.07 Å². The van der Waals surface area contributed by atoms with Gasteiger partial charge < -0.3 is 5.32 Å². The van der Waals surface area contributed by atoms with Crippen molar-refractivity contribution in [1.82, 2.24) is 5.32 Å². The predicted octanol–water partition coefficient (Wildman–Crippen LogP) is 1.18. The first kappa shape index (κ1) is 11.7. The molecule has 3 nitrogen and oxygen atoms in total. The average molecular weight is 216 g/mol. The molecule has 80 valence electrons. The molecule has 0 radical (unpaired) electrons. The van der Waals surface area contributed by atoms with Gasteiger partial charge in [-0.25, -0.2) is 4.39 Å². The number of carbonyl (C=O) groups is 1. The fourth-order valence-corrected chi connectivity index (χ4v) is 1.02. The third kappa shape index (κ3) is 3.11. The molecule has 0 heterocycles. The van der Waals surface area contributed by atoms with Gasteiger partial charge in [0, 0.05) is 6.92 Å². The van der Waals surface area contributed by atoms with Crippen molar-refractivity contribution in [1.29, 1.82) is 5.26 Å². The number of hydrogen-bond acceptors (Lipinski definition) is 2. The lowest BCUT2D eigenvalue weighted by atomic mass is 10.1. The summed E-state index contributed by atoms with van der Waals surface area (Å²) in [7, 11) is 0. The Morgan fingerprint density at radius 1 is 1.50 bits per heavy atom. The van der Waals surface area contributed by atoms with Crippen LogP contribution in [0.3, 0.4) is 0 Å². The van der Waals surface area contributed by atoms with Crippen LogP contribution in [0.2, 0.25) is 0 Å². The van der Waals surface area contributed by atoms with Gasteiger partial charge in [-0.3, -0.25) is 4.79 Å². The zero-order valence-electron chi connectivity index (χ0n) is 8.67. The van der Waals surface area contributed by atoms with Gasteiger partial charge in [-0.15, -0.1) is 0 Å². The first-order valence-corrected chi connectivity index (χ1v) is 4.57. The van der Waals surface area contributed by atoms with Crippen LogP contribution in [0.25, 0.3) is 0 Å². The maximum atomic E-state index is 13.4. The van der Waals surface area contributed by atoms with Gasteiger partial charge in [0.2, 0.25) is 5.91 Å². The summed E-state index contributed by atoms with van der Waals surface area (Å²) in [5, 5.41) is 11.1. The summed E-state index contributed by atoms with van der Waals surface area (Å²) in [6.07, 6.45) is 0. The molecule has 0 saturated heterocycles. The van der Waals surface area contributed by atoms with Crippen LogP contribution in [-0.2, 0) is 4.79 Å². The van der Waals surface area contributed by atoms with Crippen molar-refractivity contribution in [2.75, 3.05) is 6.54 Å². The van der Waals surface area contributed by atoms with Crippen LogP contribution in [0.5, 0.6) is 0 Å². The van der Waals surface area contributed by atoms with Gasteiger partial charge in [-0.1, -0.05) is 17.9 Å². The molecule has 1 rings (SSSR count). The molecule has 1 N–H and O–H groups in total. The molecule has 1 amide bonds. The van der Waals surface area contributed by atoms with E-state index in [0.717, 1.165) is 0 Å². The summed E-state index contributed by atoms with van der Waals surface area (Å²) in [4.78, 5) is 10.5. The van der Waals surface area contributed by atoms with Gasteiger partial charge in [0.15, 0.2) is 5.82 Å². The molecular formula is C12H9FN2O. The van der Waals surface area contributed by atoms with Gasteiger partial charge in [0.25, 0.3) is 0 Å². The largest absolute Gasteiger partial charge is 0.345 e. The Hall–Kier alpha value is -2.33. The Morgan fingerprint density at radius 2 is 2.19 bits per heavy atom. The van der Waals surface area contributed by atoms with Crippen LogP contribution in [0.4, 0.5) is 4.39 Å². The number of nitrogens with zero attached hydrogens (tertiary/aromatic N) is 1. The number of nitriles is 1. The minimum Gasteiger partial charge on any atom is -0.345 e. The van der Waals surface area contributed by atoms with Crippen LogP contribution in [-0.4, -0.2) is 12.5 Å². The lowest BCUT2D eigenvalue weighted by Gasteiger charge is -1.96. The first-order chi connectivity index (χ1) is 7.65. The molecule has 0 aliphatic rings. The molecule has 0 fully saturated rings. The Bertz CT molecular complexity index is 506. The van der Waals surface area contributed by atoms with Gasteiger partial charge in [-0.2, -0.15) is 5.26 Å². The van der Waals surface area contributed by atoms with Crippen LogP contribution in [0.1, 0.15) is 18.1 Å². The Morgan fingerprint density at radius 3 is 2.81 bits per heavy atom. The van der Waals surface area contributed by atoms with E-state index in [2.05, 4.69) is 17.2 Å². The first-order valence-electron chi connectivity index (χ1n) is 4.57. The third-order valence-electron chi connectivity index (χ3n) is 1.77. The predicted molar refractivity (Wildman–Crippen MR) is 56.7 cm³/mol. The number of halogens is 1. The number of hydrogen-bond donors (Lipinski definition) is 1. The molecule has 0 spiro atoms. The summed E-state index contributed by atoms with van der Waals surface area (Å²) in [6.45, 7) is 1.53. The van der Waals surface area contributed by atoms with E-state index in [9.17, 15) is 9.18 Å². The molecule has 0 aliphatic carbocycles. The SMILES string of the molecule is CC(=O)NCC#Cc1cccc(C#N)c1F. The second kappa shape index (κ2) is 5.53. The van der Waals surface area contributed by atoms with Crippen molar-refractivity contribution in [3.63, 3.8) is 0 Å². The molecule has 0 unspecified atom stereocenters. The second-order valence-corrected chi connectivity index (χ2v) is 2.99. The number of nitrogens with one attached hydrogen (secondary N) is 1. The van der Waals surface area contributed by atoms with Gasteiger partial charge >= 0.3 is 0 Å². The molecule has 1 aromatic rings. The summed E-state index contributed by atoms with van der Waals surface area (Å²) in [5.74, 6) is 4.33. The highest BCUT2D eigenvalue weighted by Gasteiger charge is 2.04. The van der Waals surface area contributed by atoms with E-state index in [0.29, 0.717) is 0 Å². The fraction of sp³-hybridized carbons (Fsp3) is 0.167. The third-order valence-corrected chi connectivity index (χ3v) is 1.77. The Balaban J connectivity index is 2.82. The monoisotopic (exact) mass is 216 g/mol. The standard InChI is InChI=1S/C12H9FN2O/c1-9(16)15-7-3-6-10-4-2-5-11(8-14)12(10)13/h2,4-5H,7H2,1H3,(H,15,16). The summed E-state index contributed by atoms with van der Waals surface area (Å²) in [6, 6.07) is 6.16. The maximum absolute atomic E-state index is 13.4. The zero-order valence-corrected chi connectivity index (χ0v) is 8.67. The molecule has 0 atom stereocenters. The molecule has 0 aromatic heterocycles. The zero-order chi connectivity index (χ0) is 12.0. The quantitative estimate of drug-likeness (QED) is 0.717.